The van der Waals surface area contributed by atoms with Gasteiger partial charge in [-0.15, -0.1) is 0 Å². The van der Waals surface area contributed by atoms with Crippen molar-refractivity contribution >= 4 is 5.91 Å². The molecule has 5 nitrogen and oxygen atoms in total. The molecule has 1 heterocycles. The van der Waals surface area contributed by atoms with Gasteiger partial charge in [-0.05, 0) is 38.4 Å². The van der Waals surface area contributed by atoms with Crippen molar-refractivity contribution in [2.45, 2.75) is 18.9 Å². The lowest BCUT2D eigenvalue weighted by molar-refractivity contribution is 0.0616. The quantitative estimate of drug-likeness (QED) is 0.866. The second kappa shape index (κ2) is 6.02. The van der Waals surface area contributed by atoms with E-state index in [-0.39, 0.29) is 12.0 Å². The Balaban J connectivity index is 1.85. The topological polar surface area (TPSA) is 54.5 Å². The first-order valence-corrected chi connectivity index (χ1v) is 6.59. The fourth-order valence-corrected chi connectivity index (χ4v) is 2.23. The molecule has 0 spiro atoms. The van der Waals surface area contributed by atoms with Gasteiger partial charge in [0.1, 0.15) is 6.10 Å². The van der Waals surface area contributed by atoms with E-state index in [0.29, 0.717) is 17.4 Å². The Hall–Kier alpha value is -1.62. The van der Waals surface area contributed by atoms with E-state index in [2.05, 4.69) is 10.3 Å². The maximum atomic E-state index is 11.7. The zero-order valence-electron chi connectivity index (χ0n) is 11.7. The molecule has 1 saturated carbocycles. The molecule has 1 aromatic rings. The molecule has 0 aliphatic heterocycles. The third-order valence-electron chi connectivity index (χ3n) is 3.36. The van der Waals surface area contributed by atoms with Crippen molar-refractivity contribution < 1.29 is 9.53 Å². The van der Waals surface area contributed by atoms with Crippen molar-refractivity contribution in [3.8, 4) is 5.88 Å². The summed E-state index contributed by atoms with van der Waals surface area (Å²) in [5, 5.41) is 3.17. The van der Waals surface area contributed by atoms with Crippen molar-refractivity contribution in [1.82, 2.24) is 15.2 Å². The SMILES string of the molecule is CNCC1CC(Oc2ccc(C(=O)N(C)C)cn2)C1. The van der Waals surface area contributed by atoms with Crippen LogP contribution in [0.25, 0.3) is 0 Å². The van der Waals surface area contributed by atoms with E-state index >= 15 is 0 Å². The van der Waals surface area contributed by atoms with Crippen LogP contribution < -0.4 is 10.1 Å². The Labute approximate surface area is 114 Å². The van der Waals surface area contributed by atoms with E-state index in [1.54, 1.807) is 32.4 Å². The summed E-state index contributed by atoms with van der Waals surface area (Å²) in [4.78, 5) is 17.4. The molecule has 19 heavy (non-hydrogen) atoms. The number of hydrogen-bond acceptors (Lipinski definition) is 4. The number of pyridine rings is 1. The van der Waals surface area contributed by atoms with Gasteiger partial charge in [0, 0.05) is 26.4 Å². The normalized spacial score (nSPS) is 21.6. The Kier molecular flexibility index (Phi) is 4.37. The number of ether oxygens (including phenoxy) is 1. The van der Waals surface area contributed by atoms with Crippen LogP contribution in [0.4, 0.5) is 0 Å². The first-order valence-electron chi connectivity index (χ1n) is 6.59. The van der Waals surface area contributed by atoms with E-state index in [4.69, 9.17) is 4.74 Å². The molecular formula is C14H21N3O2. The first-order chi connectivity index (χ1) is 9.10. The minimum absolute atomic E-state index is 0.0446. The van der Waals surface area contributed by atoms with Gasteiger partial charge in [-0.3, -0.25) is 4.79 Å². The zero-order valence-corrected chi connectivity index (χ0v) is 11.7. The lowest BCUT2D eigenvalue weighted by Gasteiger charge is -2.34. The molecule has 104 valence electrons. The molecule has 0 aromatic carbocycles. The van der Waals surface area contributed by atoms with Gasteiger partial charge in [0.2, 0.25) is 5.88 Å². The smallest absolute Gasteiger partial charge is 0.254 e. The number of nitrogens with one attached hydrogen (secondary N) is 1. The van der Waals surface area contributed by atoms with Crippen LogP contribution >= 0.6 is 0 Å². The maximum absolute atomic E-state index is 11.7. The molecule has 5 heteroatoms. The molecule has 0 atom stereocenters. The molecule has 1 aromatic heterocycles. The van der Waals surface area contributed by atoms with Crippen molar-refractivity contribution in [1.29, 1.82) is 0 Å². The molecule has 0 bridgehead atoms. The fourth-order valence-electron chi connectivity index (χ4n) is 2.23. The van der Waals surface area contributed by atoms with Gasteiger partial charge in [0.15, 0.2) is 0 Å². The van der Waals surface area contributed by atoms with Gasteiger partial charge >= 0.3 is 0 Å². The average molecular weight is 263 g/mol. The molecular weight excluding hydrogens is 242 g/mol. The minimum Gasteiger partial charge on any atom is -0.474 e. The summed E-state index contributed by atoms with van der Waals surface area (Å²) in [6, 6.07) is 3.52. The highest BCUT2D eigenvalue weighted by molar-refractivity contribution is 5.93. The summed E-state index contributed by atoms with van der Waals surface area (Å²) in [6.07, 6.45) is 3.98. The fraction of sp³-hybridized carbons (Fsp3) is 0.571. The Morgan fingerprint density at radius 2 is 2.21 bits per heavy atom. The van der Waals surface area contributed by atoms with Crippen molar-refractivity contribution in [3.63, 3.8) is 0 Å². The minimum atomic E-state index is -0.0446. The van der Waals surface area contributed by atoms with E-state index < -0.39 is 0 Å². The number of amides is 1. The third-order valence-corrected chi connectivity index (χ3v) is 3.36. The highest BCUT2D eigenvalue weighted by atomic mass is 16.5. The van der Waals surface area contributed by atoms with Crippen LogP contribution in [-0.4, -0.2) is 49.6 Å². The molecule has 0 saturated heterocycles. The van der Waals surface area contributed by atoms with Crippen LogP contribution in [0.1, 0.15) is 23.2 Å². The summed E-state index contributed by atoms with van der Waals surface area (Å²) < 4.78 is 5.76. The number of carbonyl (C=O) groups is 1. The van der Waals surface area contributed by atoms with Gasteiger partial charge in [0.25, 0.3) is 5.91 Å². The van der Waals surface area contributed by atoms with Crippen molar-refractivity contribution in [2.75, 3.05) is 27.7 Å². The second-order valence-corrected chi connectivity index (χ2v) is 5.22. The lowest BCUT2D eigenvalue weighted by Crippen LogP contribution is -2.38. The predicted molar refractivity (Wildman–Crippen MR) is 73.3 cm³/mol. The highest BCUT2D eigenvalue weighted by Crippen LogP contribution is 2.30. The number of aromatic nitrogens is 1. The Morgan fingerprint density at radius 1 is 1.47 bits per heavy atom. The predicted octanol–water partition coefficient (Wildman–Crippen LogP) is 1.16. The molecule has 1 aliphatic carbocycles. The van der Waals surface area contributed by atoms with E-state index in [1.807, 2.05) is 7.05 Å². The van der Waals surface area contributed by atoms with Crippen LogP contribution in [0.2, 0.25) is 0 Å². The highest BCUT2D eigenvalue weighted by Gasteiger charge is 2.30. The number of carbonyl (C=O) groups excluding carboxylic acids is 1. The lowest BCUT2D eigenvalue weighted by atomic mass is 9.82. The van der Waals surface area contributed by atoms with E-state index in [0.717, 1.165) is 19.4 Å². The Morgan fingerprint density at radius 3 is 2.74 bits per heavy atom. The van der Waals surface area contributed by atoms with E-state index in [9.17, 15) is 4.79 Å². The molecule has 0 unspecified atom stereocenters. The number of hydrogen-bond donors (Lipinski definition) is 1. The third kappa shape index (κ3) is 3.44. The van der Waals surface area contributed by atoms with Gasteiger partial charge < -0.3 is 15.0 Å². The monoisotopic (exact) mass is 263 g/mol. The molecule has 1 amide bonds. The van der Waals surface area contributed by atoms with Crippen LogP contribution in [0.15, 0.2) is 18.3 Å². The van der Waals surface area contributed by atoms with Gasteiger partial charge in [-0.2, -0.15) is 0 Å². The summed E-state index contributed by atoms with van der Waals surface area (Å²) >= 11 is 0. The summed E-state index contributed by atoms with van der Waals surface area (Å²) in [5.41, 5.74) is 0.582. The van der Waals surface area contributed by atoms with Crippen LogP contribution in [-0.2, 0) is 0 Å². The van der Waals surface area contributed by atoms with Crippen molar-refractivity contribution in [3.05, 3.63) is 23.9 Å². The summed E-state index contributed by atoms with van der Waals surface area (Å²) in [7, 11) is 5.42. The molecule has 1 N–H and O–H groups in total. The summed E-state index contributed by atoms with van der Waals surface area (Å²) in [6.45, 7) is 1.05. The number of rotatable bonds is 5. The molecule has 2 rings (SSSR count). The van der Waals surface area contributed by atoms with Crippen LogP contribution in [0.5, 0.6) is 5.88 Å². The largest absolute Gasteiger partial charge is 0.474 e. The van der Waals surface area contributed by atoms with E-state index in [1.165, 1.54) is 4.90 Å². The van der Waals surface area contributed by atoms with Gasteiger partial charge in [-0.1, -0.05) is 0 Å². The van der Waals surface area contributed by atoms with Gasteiger partial charge in [-0.25, -0.2) is 4.98 Å². The standard InChI is InChI=1S/C14H21N3O2/c1-15-8-10-6-12(7-10)19-13-5-4-11(9-16-13)14(18)17(2)3/h4-5,9-10,12,15H,6-8H2,1-3H3. The first kappa shape index (κ1) is 13.8. The van der Waals surface area contributed by atoms with Crippen LogP contribution in [0.3, 0.4) is 0 Å². The van der Waals surface area contributed by atoms with Crippen molar-refractivity contribution in [2.24, 2.45) is 5.92 Å². The molecule has 1 fully saturated rings. The zero-order chi connectivity index (χ0) is 13.8. The molecule has 0 radical (unpaired) electrons. The van der Waals surface area contributed by atoms with Crippen LogP contribution in [0, 0.1) is 5.92 Å². The van der Waals surface area contributed by atoms with Gasteiger partial charge in [0.05, 0.1) is 5.56 Å². The Bertz CT molecular complexity index is 425. The average Bonchev–Trinajstić information content (AvgIpc) is 2.36. The molecule has 1 aliphatic rings. The maximum Gasteiger partial charge on any atom is 0.254 e. The second-order valence-electron chi connectivity index (χ2n) is 5.22. The number of nitrogens with zero attached hydrogens (tertiary/aromatic N) is 2. The summed E-state index contributed by atoms with van der Waals surface area (Å²) in [5.74, 6) is 1.27.